The van der Waals surface area contributed by atoms with Crippen LogP contribution in [0.25, 0.3) is 6.08 Å². The molecule has 1 fully saturated rings. The maximum atomic E-state index is 13.3. The van der Waals surface area contributed by atoms with Gasteiger partial charge in [0.2, 0.25) is 17.7 Å². The number of hydrogen-bond acceptors (Lipinski definition) is 5. The lowest BCUT2D eigenvalue weighted by atomic mass is 9.98. The number of alkyl halides is 3. The van der Waals surface area contributed by atoms with Crippen LogP contribution in [0.4, 0.5) is 13.2 Å². The van der Waals surface area contributed by atoms with E-state index >= 15 is 0 Å². The molecule has 0 aliphatic carbocycles. The van der Waals surface area contributed by atoms with Gasteiger partial charge in [-0.2, -0.15) is 13.2 Å². The molecule has 1 saturated heterocycles. The van der Waals surface area contributed by atoms with Crippen LogP contribution >= 0.6 is 0 Å². The van der Waals surface area contributed by atoms with Crippen molar-refractivity contribution in [3.8, 4) is 0 Å². The number of nitrogens with one attached hydrogen (secondary N) is 2. The van der Waals surface area contributed by atoms with Gasteiger partial charge >= 0.3 is 12.1 Å². The van der Waals surface area contributed by atoms with Crippen molar-refractivity contribution >= 4 is 35.6 Å². The van der Waals surface area contributed by atoms with E-state index in [9.17, 15) is 37.1 Å². The highest BCUT2D eigenvalue weighted by Gasteiger charge is 2.46. The molecule has 1 aliphatic heterocycles. The van der Waals surface area contributed by atoms with Crippen molar-refractivity contribution in [3.63, 3.8) is 0 Å². The molecule has 1 aliphatic rings. The molecule has 0 spiro atoms. The largest absolute Gasteiger partial charge is 0.478 e. The van der Waals surface area contributed by atoms with Gasteiger partial charge in [-0.3, -0.25) is 19.2 Å². The van der Waals surface area contributed by atoms with E-state index in [-0.39, 0.29) is 24.4 Å². The molecule has 3 atom stereocenters. The number of carboxylic acids is 1. The van der Waals surface area contributed by atoms with E-state index < -0.39 is 59.7 Å². The minimum Gasteiger partial charge on any atom is -0.478 e. The number of likely N-dealkylation sites (tertiary alicyclic amines) is 1. The van der Waals surface area contributed by atoms with E-state index in [2.05, 4.69) is 10.6 Å². The van der Waals surface area contributed by atoms with Gasteiger partial charge in [-0.05, 0) is 48.4 Å². The minimum absolute atomic E-state index is 0.0868. The minimum atomic E-state index is -5.12. The molecule has 2 rings (SSSR count). The van der Waals surface area contributed by atoms with Crippen molar-refractivity contribution < 1.29 is 42.3 Å². The summed E-state index contributed by atoms with van der Waals surface area (Å²) in [5.41, 5.74) is 0.644. The first kappa shape index (κ1) is 30.5. The topological polar surface area (TPSA) is 133 Å². The Morgan fingerprint density at radius 3 is 2.05 bits per heavy atom. The third-order valence-electron chi connectivity index (χ3n) is 6.18. The Balaban J connectivity index is 2.12. The number of ketones is 1. The number of carboxylic acid groups (broad SMARTS) is 1. The molecule has 0 saturated carbocycles. The van der Waals surface area contributed by atoms with Gasteiger partial charge in [0.1, 0.15) is 12.1 Å². The van der Waals surface area contributed by atoms with Crippen LogP contribution in [0, 0.1) is 11.8 Å². The van der Waals surface area contributed by atoms with E-state index in [0.29, 0.717) is 12.0 Å². The maximum absolute atomic E-state index is 13.3. The molecule has 0 bridgehead atoms. The predicted octanol–water partition coefficient (Wildman–Crippen LogP) is 2.80. The van der Waals surface area contributed by atoms with Crippen LogP contribution in [0.2, 0.25) is 0 Å². The number of carbonyl (C=O) groups excluding carboxylic acids is 4. The van der Waals surface area contributed by atoms with Crippen LogP contribution in [-0.4, -0.2) is 70.3 Å². The van der Waals surface area contributed by atoms with Crippen LogP contribution in [0.3, 0.4) is 0 Å². The third-order valence-corrected chi connectivity index (χ3v) is 6.18. The molecular formula is C26H32F3N3O6. The first-order valence-corrected chi connectivity index (χ1v) is 12.2. The SMILES string of the molecule is CC(C)C(NC(=O)[C@@H]1CCCN1C(=O)[C@@H](NC(=O)/C=C/c1ccc(C(=O)O)cc1)C(C)C)C(=O)C(F)(F)F. The third kappa shape index (κ3) is 7.90. The second-order valence-corrected chi connectivity index (χ2v) is 9.77. The van der Waals surface area contributed by atoms with Crippen molar-refractivity contribution in [1.82, 2.24) is 15.5 Å². The smallest absolute Gasteiger partial charge is 0.452 e. The number of rotatable bonds is 10. The van der Waals surface area contributed by atoms with Gasteiger partial charge in [0, 0.05) is 12.6 Å². The van der Waals surface area contributed by atoms with Crippen molar-refractivity contribution in [1.29, 1.82) is 0 Å². The Kier molecular flexibility index (Phi) is 10.2. The fourth-order valence-corrected chi connectivity index (χ4v) is 4.07. The number of carbonyl (C=O) groups is 5. The number of amides is 3. The summed E-state index contributed by atoms with van der Waals surface area (Å²) in [7, 11) is 0. The monoisotopic (exact) mass is 539 g/mol. The van der Waals surface area contributed by atoms with Gasteiger partial charge in [0.05, 0.1) is 11.6 Å². The van der Waals surface area contributed by atoms with E-state index in [1.807, 2.05) is 0 Å². The molecule has 1 unspecified atom stereocenters. The van der Waals surface area contributed by atoms with Gasteiger partial charge in [0.15, 0.2) is 0 Å². The summed E-state index contributed by atoms with van der Waals surface area (Å²) in [6.07, 6.45) is -1.87. The molecule has 1 aromatic carbocycles. The van der Waals surface area contributed by atoms with Crippen molar-refractivity contribution in [2.45, 2.75) is 64.8 Å². The first-order valence-electron chi connectivity index (χ1n) is 12.2. The van der Waals surface area contributed by atoms with E-state index in [1.54, 1.807) is 13.8 Å². The lowest BCUT2D eigenvalue weighted by Gasteiger charge is -2.31. The second kappa shape index (κ2) is 12.7. The number of benzene rings is 1. The standard InChI is InChI=1S/C26H32F3N3O6/c1-14(2)20(22(34)26(27,28)29)31-23(35)18-6-5-13-32(18)24(36)21(15(3)4)30-19(33)12-9-16-7-10-17(11-8-16)25(37)38/h7-12,14-15,18,20-21H,5-6,13H2,1-4H3,(H,30,33)(H,31,35)(H,37,38)/b12-9+/t18-,20?,21-/m0/s1. The van der Waals surface area contributed by atoms with Gasteiger partial charge in [-0.25, -0.2) is 4.79 Å². The molecule has 0 aromatic heterocycles. The highest BCUT2D eigenvalue weighted by molar-refractivity contribution is 5.98. The molecule has 12 heteroatoms. The number of hydrogen-bond donors (Lipinski definition) is 3. The van der Waals surface area contributed by atoms with E-state index in [4.69, 9.17) is 5.11 Å². The average molecular weight is 540 g/mol. The summed E-state index contributed by atoms with van der Waals surface area (Å²) in [4.78, 5) is 62.7. The number of nitrogens with zero attached hydrogens (tertiary/aromatic N) is 1. The van der Waals surface area contributed by atoms with Crippen molar-refractivity contribution in [2.24, 2.45) is 11.8 Å². The van der Waals surface area contributed by atoms with E-state index in [1.165, 1.54) is 55.2 Å². The molecule has 208 valence electrons. The molecule has 0 radical (unpaired) electrons. The molecule has 9 nitrogen and oxygen atoms in total. The Morgan fingerprint density at radius 1 is 0.974 bits per heavy atom. The maximum Gasteiger partial charge on any atom is 0.452 e. The molecular weight excluding hydrogens is 507 g/mol. The normalized spacial score (nSPS) is 17.5. The fourth-order valence-electron chi connectivity index (χ4n) is 4.07. The fraction of sp³-hybridized carbons (Fsp3) is 0.500. The summed E-state index contributed by atoms with van der Waals surface area (Å²) in [6.45, 7) is 6.31. The van der Waals surface area contributed by atoms with Crippen LogP contribution in [-0.2, 0) is 19.2 Å². The lowest BCUT2D eigenvalue weighted by molar-refractivity contribution is -0.175. The summed E-state index contributed by atoms with van der Waals surface area (Å²) in [5, 5.41) is 13.7. The van der Waals surface area contributed by atoms with Crippen molar-refractivity contribution in [2.75, 3.05) is 6.54 Å². The molecule has 3 amide bonds. The van der Waals surface area contributed by atoms with Crippen LogP contribution in [0.1, 0.15) is 56.5 Å². The number of halogens is 3. The summed E-state index contributed by atoms with van der Waals surface area (Å²) in [5.74, 6) is -6.37. The Bertz CT molecular complexity index is 1080. The first-order chi connectivity index (χ1) is 17.6. The van der Waals surface area contributed by atoms with Gasteiger partial charge in [0.25, 0.3) is 5.78 Å². The zero-order valence-electron chi connectivity index (χ0n) is 21.5. The van der Waals surface area contributed by atoms with Crippen molar-refractivity contribution in [3.05, 3.63) is 41.5 Å². The molecule has 1 heterocycles. The lowest BCUT2D eigenvalue weighted by Crippen LogP contribution is -2.58. The molecule has 3 N–H and O–H groups in total. The summed E-state index contributed by atoms with van der Waals surface area (Å²) < 4.78 is 39.0. The van der Waals surface area contributed by atoms with Gasteiger partial charge < -0.3 is 20.6 Å². The summed E-state index contributed by atoms with van der Waals surface area (Å²) in [6, 6.07) is 1.91. The number of aromatic carboxylic acids is 1. The van der Waals surface area contributed by atoms with Crippen LogP contribution < -0.4 is 10.6 Å². The molecule has 1 aromatic rings. The number of Topliss-reactive ketones (excluding diaryl/α,β-unsaturated/α-hetero) is 1. The average Bonchev–Trinajstić information content (AvgIpc) is 3.33. The highest BCUT2D eigenvalue weighted by Crippen LogP contribution is 2.24. The Hall–Kier alpha value is -3.70. The quantitative estimate of drug-likeness (QED) is 0.392. The zero-order chi connectivity index (χ0) is 28.8. The Morgan fingerprint density at radius 2 is 1.55 bits per heavy atom. The predicted molar refractivity (Wildman–Crippen MR) is 132 cm³/mol. The van der Waals surface area contributed by atoms with Gasteiger partial charge in [-0.15, -0.1) is 0 Å². The van der Waals surface area contributed by atoms with Crippen LogP contribution in [0.5, 0.6) is 0 Å². The van der Waals surface area contributed by atoms with Crippen LogP contribution in [0.15, 0.2) is 30.3 Å². The molecule has 38 heavy (non-hydrogen) atoms. The van der Waals surface area contributed by atoms with Gasteiger partial charge in [-0.1, -0.05) is 39.8 Å². The Labute approximate surface area is 218 Å². The second-order valence-electron chi connectivity index (χ2n) is 9.77. The highest BCUT2D eigenvalue weighted by atomic mass is 19.4. The zero-order valence-corrected chi connectivity index (χ0v) is 21.5. The van der Waals surface area contributed by atoms with E-state index in [0.717, 1.165) is 0 Å². The summed E-state index contributed by atoms with van der Waals surface area (Å²) >= 11 is 0.